The number of hydrogen-bond acceptors (Lipinski definition) is 3. The number of carbonyl (C=O) groups is 1. The summed E-state index contributed by atoms with van der Waals surface area (Å²) >= 11 is 0. The van der Waals surface area contributed by atoms with Gasteiger partial charge in [-0.05, 0) is 49.2 Å². The second-order valence-corrected chi connectivity index (χ2v) is 4.66. The van der Waals surface area contributed by atoms with Gasteiger partial charge in [0, 0.05) is 11.3 Å². The Morgan fingerprint density at radius 3 is 2.60 bits per heavy atom. The smallest absolute Gasteiger partial charge is 0.255 e. The summed E-state index contributed by atoms with van der Waals surface area (Å²) < 4.78 is 5.08. The molecule has 0 saturated carbocycles. The first-order valence-corrected chi connectivity index (χ1v) is 6.34. The number of amides is 1. The van der Waals surface area contributed by atoms with Crippen molar-refractivity contribution in [2.24, 2.45) is 0 Å². The van der Waals surface area contributed by atoms with Crippen LogP contribution in [0.25, 0.3) is 0 Å². The molecule has 0 atom stereocenters. The summed E-state index contributed by atoms with van der Waals surface area (Å²) in [7, 11) is 1.54. The van der Waals surface area contributed by atoms with Gasteiger partial charge in [-0.1, -0.05) is 12.1 Å². The van der Waals surface area contributed by atoms with E-state index < -0.39 is 0 Å². The van der Waals surface area contributed by atoms with Gasteiger partial charge in [-0.25, -0.2) is 0 Å². The lowest BCUT2D eigenvalue weighted by Gasteiger charge is -2.11. The van der Waals surface area contributed by atoms with Crippen molar-refractivity contribution in [1.82, 2.24) is 0 Å². The minimum absolute atomic E-state index is 0.187. The average Bonchev–Trinajstić information content (AvgIpc) is 2.43. The lowest BCUT2D eigenvalue weighted by molar-refractivity contribution is 0.102. The fourth-order valence-corrected chi connectivity index (χ4v) is 1.96. The van der Waals surface area contributed by atoms with Crippen LogP contribution in [-0.4, -0.2) is 13.0 Å². The van der Waals surface area contributed by atoms with Crippen LogP contribution in [0.1, 0.15) is 21.5 Å². The van der Waals surface area contributed by atoms with Crippen molar-refractivity contribution in [2.75, 3.05) is 18.2 Å². The van der Waals surface area contributed by atoms with E-state index in [0.717, 1.165) is 16.8 Å². The molecule has 0 bridgehead atoms. The number of benzene rings is 2. The normalized spacial score (nSPS) is 10.2. The number of carbonyl (C=O) groups excluding carboxylic acids is 1. The third-order valence-corrected chi connectivity index (χ3v) is 3.34. The van der Waals surface area contributed by atoms with Crippen LogP contribution in [0.15, 0.2) is 36.4 Å². The van der Waals surface area contributed by atoms with Gasteiger partial charge < -0.3 is 15.8 Å². The van der Waals surface area contributed by atoms with Gasteiger partial charge in [0.15, 0.2) is 0 Å². The molecule has 104 valence electrons. The molecule has 4 heteroatoms. The molecular formula is C16H18N2O2. The first-order chi connectivity index (χ1) is 9.52. The van der Waals surface area contributed by atoms with Gasteiger partial charge in [-0.2, -0.15) is 0 Å². The molecule has 2 aromatic rings. The average molecular weight is 270 g/mol. The molecule has 0 unspecified atom stereocenters. The summed E-state index contributed by atoms with van der Waals surface area (Å²) in [5.41, 5.74) is 9.76. The zero-order valence-electron chi connectivity index (χ0n) is 11.9. The molecule has 0 aromatic heterocycles. The summed E-state index contributed by atoms with van der Waals surface area (Å²) in [5, 5.41) is 2.90. The number of methoxy groups -OCH3 is 1. The van der Waals surface area contributed by atoms with Crippen LogP contribution >= 0.6 is 0 Å². The Morgan fingerprint density at radius 2 is 1.95 bits per heavy atom. The molecule has 4 nitrogen and oxygen atoms in total. The van der Waals surface area contributed by atoms with Crippen LogP contribution in [0.4, 0.5) is 11.4 Å². The van der Waals surface area contributed by atoms with Crippen LogP contribution in [0, 0.1) is 13.8 Å². The molecule has 1 amide bonds. The van der Waals surface area contributed by atoms with Gasteiger partial charge in [0.2, 0.25) is 0 Å². The molecule has 0 fully saturated rings. The number of hydrogen-bond donors (Lipinski definition) is 2. The zero-order chi connectivity index (χ0) is 14.7. The fourth-order valence-electron chi connectivity index (χ4n) is 1.96. The molecule has 0 radical (unpaired) electrons. The zero-order valence-corrected chi connectivity index (χ0v) is 11.9. The Kier molecular flexibility index (Phi) is 3.94. The summed E-state index contributed by atoms with van der Waals surface area (Å²) in [5.74, 6) is 0.376. The molecule has 0 spiro atoms. The molecule has 20 heavy (non-hydrogen) atoms. The quantitative estimate of drug-likeness (QED) is 0.842. The Labute approximate surface area is 118 Å². The van der Waals surface area contributed by atoms with E-state index in [1.165, 1.54) is 0 Å². The highest BCUT2D eigenvalue weighted by Gasteiger charge is 2.10. The van der Waals surface area contributed by atoms with E-state index in [9.17, 15) is 4.79 Å². The minimum Gasteiger partial charge on any atom is -0.495 e. The molecule has 2 rings (SSSR count). The third kappa shape index (κ3) is 2.74. The fraction of sp³-hybridized carbons (Fsp3) is 0.188. The first kappa shape index (κ1) is 13.9. The summed E-state index contributed by atoms with van der Waals surface area (Å²) in [6, 6.07) is 10.8. The Morgan fingerprint density at radius 1 is 1.20 bits per heavy atom. The molecule has 0 aliphatic carbocycles. The Bertz CT molecular complexity index is 651. The SMILES string of the molecule is COc1ccc(C(=O)Nc2cccc(C)c2C)cc1N. The van der Waals surface area contributed by atoms with Crippen LogP contribution in [-0.2, 0) is 0 Å². The number of ether oxygens (including phenoxy) is 1. The number of anilines is 2. The van der Waals surface area contributed by atoms with E-state index in [0.29, 0.717) is 17.0 Å². The predicted octanol–water partition coefficient (Wildman–Crippen LogP) is 3.15. The number of nitrogens with one attached hydrogen (secondary N) is 1. The van der Waals surface area contributed by atoms with Gasteiger partial charge >= 0.3 is 0 Å². The first-order valence-electron chi connectivity index (χ1n) is 6.34. The highest BCUT2D eigenvalue weighted by atomic mass is 16.5. The monoisotopic (exact) mass is 270 g/mol. The van der Waals surface area contributed by atoms with Crippen molar-refractivity contribution in [2.45, 2.75) is 13.8 Å². The van der Waals surface area contributed by atoms with Gasteiger partial charge in [0.25, 0.3) is 5.91 Å². The van der Waals surface area contributed by atoms with E-state index in [4.69, 9.17) is 10.5 Å². The van der Waals surface area contributed by atoms with Crippen molar-refractivity contribution in [3.63, 3.8) is 0 Å². The Hall–Kier alpha value is -2.49. The van der Waals surface area contributed by atoms with Gasteiger partial charge in [-0.3, -0.25) is 4.79 Å². The number of nitrogen functional groups attached to an aromatic ring is 1. The Balaban J connectivity index is 2.24. The highest BCUT2D eigenvalue weighted by Crippen LogP contribution is 2.23. The molecular weight excluding hydrogens is 252 g/mol. The second-order valence-electron chi connectivity index (χ2n) is 4.66. The second kappa shape index (κ2) is 5.65. The largest absolute Gasteiger partial charge is 0.495 e. The third-order valence-electron chi connectivity index (χ3n) is 3.34. The maximum absolute atomic E-state index is 12.2. The summed E-state index contributed by atoms with van der Waals surface area (Å²) in [6.45, 7) is 3.99. The lowest BCUT2D eigenvalue weighted by atomic mass is 10.1. The molecule has 0 saturated heterocycles. The van der Waals surface area contributed by atoms with E-state index in [1.807, 2.05) is 32.0 Å². The van der Waals surface area contributed by atoms with Crippen molar-refractivity contribution in [3.05, 3.63) is 53.1 Å². The summed E-state index contributed by atoms with van der Waals surface area (Å²) in [4.78, 5) is 12.2. The van der Waals surface area contributed by atoms with E-state index >= 15 is 0 Å². The van der Waals surface area contributed by atoms with E-state index in [2.05, 4.69) is 5.32 Å². The van der Waals surface area contributed by atoms with Crippen LogP contribution in [0.3, 0.4) is 0 Å². The standard InChI is InChI=1S/C16H18N2O2/c1-10-5-4-6-14(11(10)2)18-16(19)12-7-8-15(20-3)13(17)9-12/h4-9H,17H2,1-3H3,(H,18,19). The maximum atomic E-state index is 12.2. The molecule has 3 N–H and O–H groups in total. The van der Waals surface area contributed by atoms with Gasteiger partial charge in [-0.15, -0.1) is 0 Å². The lowest BCUT2D eigenvalue weighted by Crippen LogP contribution is -2.13. The van der Waals surface area contributed by atoms with Crippen LogP contribution in [0.5, 0.6) is 5.75 Å². The number of nitrogens with two attached hydrogens (primary N) is 1. The number of aryl methyl sites for hydroxylation is 1. The summed E-state index contributed by atoms with van der Waals surface area (Å²) in [6.07, 6.45) is 0. The van der Waals surface area contributed by atoms with Crippen molar-refractivity contribution < 1.29 is 9.53 Å². The van der Waals surface area contributed by atoms with Crippen LogP contribution < -0.4 is 15.8 Å². The van der Waals surface area contributed by atoms with Gasteiger partial charge in [0.05, 0.1) is 12.8 Å². The molecule has 0 aliphatic rings. The molecule has 0 heterocycles. The van der Waals surface area contributed by atoms with Crippen LogP contribution in [0.2, 0.25) is 0 Å². The van der Waals surface area contributed by atoms with Crippen molar-refractivity contribution in [3.8, 4) is 5.75 Å². The minimum atomic E-state index is -0.187. The highest BCUT2D eigenvalue weighted by molar-refractivity contribution is 6.05. The topological polar surface area (TPSA) is 64.3 Å². The predicted molar refractivity (Wildman–Crippen MR) is 81.3 cm³/mol. The van der Waals surface area contributed by atoms with Gasteiger partial charge in [0.1, 0.15) is 5.75 Å². The maximum Gasteiger partial charge on any atom is 0.255 e. The molecule has 2 aromatic carbocycles. The number of rotatable bonds is 3. The van der Waals surface area contributed by atoms with E-state index in [-0.39, 0.29) is 5.91 Å². The van der Waals surface area contributed by atoms with Crippen molar-refractivity contribution in [1.29, 1.82) is 0 Å². The molecule has 0 aliphatic heterocycles. The van der Waals surface area contributed by atoms with E-state index in [1.54, 1.807) is 25.3 Å². The van der Waals surface area contributed by atoms with Crippen molar-refractivity contribution >= 4 is 17.3 Å².